The first-order valence-electron chi connectivity index (χ1n) is 8.59. The van der Waals surface area contributed by atoms with Gasteiger partial charge in [-0.2, -0.15) is 0 Å². The van der Waals surface area contributed by atoms with E-state index in [1.54, 1.807) is 30.5 Å². The third kappa shape index (κ3) is 4.20. The van der Waals surface area contributed by atoms with Crippen molar-refractivity contribution in [3.63, 3.8) is 0 Å². The Balaban J connectivity index is 1.78. The maximum absolute atomic E-state index is 12.6. The molecule has 0 aliphatic rings. The van der Waals surface area contributed by atoms with Crippen molar-refractivity contribution < 1.29 is 9.72 Å². The van der Waals surface area contributed by atoms with Crippen LogP contribution in [0.2, 0.25) is 5.02 Å². The standard InChI is InChI=1S/C20H19ClN4O3/c1-20(2,15-4-6-16(21)7-5-15)12-23-19(26)14-3-8-17(18(11-14)25(27)28)24-10-9-22-13-24/h3-11,13H,12H2,1-2H3,(H,23,26). The molecule has 144 valence electrons. The van der Waals surface area contributed by atoms with Gasteiger partial charge in [-0.3, -0.25) is 14.9 Å². The first kappa shape index (κ1) is 19.6. The minimum atomic E-state index is -0.510. The summed E-state index contributed by atoms with van der Waals surface area (Å²) in [6.45, 7) is 4.37. The normalized spacial score (nSPS) is 11.2. The summed E-state index contributed by atoms with van der Waals surface area (Å²) in [5.41, 5.74) is 1.10. The van der Waals surface area contributed by atoms with Gasteiger partial charge in [0.25, 0.3) is 11.6 Å². The quantitative estimate of drug-likeness (QED) is 0.499. The fourth-order valence-electron chi connectivity index (χ4n) is 2.84. The molecular formula is C20H19ClN4O3. The molecule has 0 aliphatic carbocycles. The Bertz CT molecular complexity index is 999. The molecule has 8 heteroatoms. The number of benzene rings is 2. The summed E-state index contributed by atoms with van der Waals surface area (Å²) < 4.78 is 1.53. The second-order valence-electron chi connectivity index (χ2n) is 7.00. The number of amides is 1. The Labute approximate surface area is 167 Å². The second-order valence-corrected chi connectivity index (χ2v) is 7.44. The van der Waals surface area contributed by atoms with Crippen LogP contribution in [0.15, 0.2) is 61.2 Å². The molecule has 1 aromatic heterocycles. The van der Waals surface area contributed by atoms with E-state index in [1.165, 1.54) is 23.2 Å². The number of carbonyl (C=O) groups is 1. The number of hydrogen-bond acceptors (Lipinski definition) is 4. The summed E-state index contributed by atoms with van der Waals surface area (Å²) in [7, 11) is 0. The number of nitro groups is 1. The molecule has 0 fully saturated rings. The smallest absolute Gasteiger partial charge is 0.294 e. The van der Waals surface area contributed by atoms with Crippen LogP contribution in [-0.4, -0.2) is 26.9 Å². The van der Waals surface area contributed by atoms with E-state index in [0.717, 1.165) is 5.56 Å². The average Bonchev–Trinajstić information content (AvgIpc) is 3.20. The van der Waals surface area contributed by atoms with Gasteiger partial charge in [-0.1, -0.05) is 37.6 Å². The van der Waals surface area contributed by atoms with E-state index in [9.17, 15) is 14.9 Å². The predicted octanol–water partition coefficient (Wildman–Crippen LogP) is 4.14. The van der Waals surface area contributed by atoms with Gasteiger partial charge in [-0.25, -0.2) is 4.98 Å². The first-order valence-corrected chi connectivity index (χ1v) is 8.97. The van der Waals surface area contributed by atoms with Crippen molar-refractivity contribution in [3.8, 4) is 5.69 Å². The van der Waals surface area contributed by atoms with Crippen molar-refractivity contribution in [1.29, 1.82) is 0 Å². The summed E-state index contributed by atoms with van der Waals surface area (Å²) in [6.07, 6.45) is 4.61. The summed E-state index contributed by atoms with van der Waals surface area (Å²) in [4.78, 5) is 27.4. The third-order valence-electron chi connectivity index (χ3n) is 4.53. The van der Waals surface area contributed by atoms with Crippen LogP contribution in [0, 0.1) is 10.1 Å². The molecule has 0 atom stereocenters. The fourth-order valence-corrected chi connectivity index (χ4v) is 2.96. The van der Waals surface area contributed by atoms with Crippen LogP contribution in [-0.2, 0) is 5.41 Å². The summed E-state index contributed by atoms with van der Waals surface area (Å²) in [5.74, 6) is -0.373. The molecule has 0 spiro atoms. The van der Waals surface area contributed by atoms with Crippen LogP contribution < -0.4 is 5.32 Å². The number of hydrogen-bond donors (Lipinski definition) is 1. The first-order chi connectivity index (χ1) is 13.3. The van der Waals surface area contributed by atoms with Gasteiger partial charge in [-0.05, 0) is 29.8 Å². The van der Waals surface area contributed by atoms with E-state index in [0.29, 0.717) is 17.3 Å². The summed E-state index contributed by atoms with van der Waals surface area (Å²) >= 11 is 5.93. The van der Waals surface area contributed by atoms with Crippen molar-refractivity contribution in [3.05, 3.63) is 87.4 Å². The van der Waals surface area contributed by atoms with Crippen molar-refractivity contribution in [1.82, 2.24) is 14.9 Å². The molecule has 3 rings (SSSR count). The molecule has 0 bridgehead atoms. The highest BCUT2D eigenvalue weighted by Crippen LogP contribution is 2.26. The lowest BCUT2D eigenvalue weighted by Crippen LogP contribution is -2.36. The molecule has 0 radical (unpaired) electrons. The zero-order chi connectivity index (χ0) is 20.3. The Morgan fingerprint density at radius 1 is 1.25 bits per heavy atom. The van der Waals surface area contributed by atoms with E-state index < -0.39 is 4.92 Å². The highest BCUT2D eigenvalue weighted by atomic mass is 35.5. The number of carbonyl (C=O) groups excluding carboxylic acids is 1. The zero-order valence-electron chi connectivity index (χ0n) is 15.4. The van der Waals surface area contributed by atoms with Crippen LogP contribution in [0.25, 0.3) is 5.69 Å². The maximum atomic E-state index is 12.6. The molecule has 1 N–H and O–H groups in total. The lowest BCUT2D eigenvalue weighted by molar-refractivity contribution is -0.384. The van der Waals surface area contributed by atoms with Crippen LogP contribution >= 0.6 is 11.6 Å². The molecule has 7 nitrogen and oxygen atoms in total. The molecule has 0 saturated heterocycles. The molecule has 28 heavy (non-hydrogen) atoms. The van der Waals surface area contributed by atoms with Crippen molar-refractivity contribution in [2.24, 2.45) is 0 Å². The summed E-state index contributed by atoms with van der Waals surface area (Å²) in [6, 6.07) is 11.8. The number of nitrogens with one attached hydrogen (secondary N) is 1. The molecule has 3 aromatic rings. The average molecular weight is 399 g/mol. The monoisotopic (exact) mass is 398 g/mol. The second kappa shape index (κ2) is 7.82. The summed E-state index contributed by atoms with van der Waals surface area (Å²) in [5, 5.41) is 15.0. The number of halogens is 1. The zero-order valence-corrected chi connectivity index (χ0v) is 16.2. The van der Waals surface area contributed by atoms with Gasteiger partial charge < -0.3 is 9.88 Å². The van der Waals surface area contributed by atoms with Crippen LogP contribution in [0.4, 0.5) is 5.69 Å². The van der Waals surface area contributed by atoms with Crippen molar-refractivity contribution in [2.45, 2.75) is 19.3 Å². The highest BCUT2D eigenvalue weighted by molar-refractivity contribution is 6.30. The SMILES string of the molecule is CC(C)(CNC(=O)c1ccc(-n2ccnc2)c([N+](=O)[O-])c1)c1ccc(Cl)cc1. The Morgan fingerprint density at radius 3 is 2.57 bits per heavy atom. The van der Waals surface area contributed by atoms with Gasteiger partial charge in [-0.15, -0.1) is 0 Å². The third-order valence-corrected chi connectivity index (χ3v) is 4.79. The molecular weight excluding hydrogens is 380 g/mol. The van der Waals surface area contributed by atoms with Crippen molar-refractivity contribution in [2.75, 3.05) is 6.54 Å². The predicted molar refractivity (Wildman–Crippen MR) is 107 cm³/mol. The van der Waals surface area contributed by atoms with E-state index in [2.05, 4.69) is 10.3 Å². The number of aromatic nitrogens is 2. The number of nitro benzene ring substituents is 1. The molecule has 1 amide bonds. The van der Waals surface area contributed by atoms with Gasteiger partial charge in [0.2, 0.25) is 0 Å². The number of rotatable bonds is 6. The Hall–Kier alpha value is -3.19. The number of nitrogens with zero attached hydrogens (tertiary/aromatic N) is 3. The lowest BCUT2D eigenvalue weighted by Gasteiger charge is -2.25. The van der Waals surface area contributed by atoms with Gasteiger partial charge >= 0.3 is 0 Å². The minimum absolute atomic E-state index is 0.164. The van der Waals surface area contributed by atoms with Gasteiger partial charge in [0.1, 0.15) is 5.69 Å². The fraction of sp³-hybridized carbons (Fsp3) is 0.200. The largest absolute Gasteiger partial charge is 0.351 e. The molecule has 2 aromatic carbocycles. The Kier molecular flexibility index (Phi) is 5.46. The van der Waals surface area contributed by atoms with Crippen LogP contribution in [0.5, 0.6) is 0 Å². The topological polar surface area (TPSA) is 90.1 Å². The molecule has 0 unspecified atom stereocenters. The molecule has 0 aliphatic heterocycles. The van der Waals surface area contributed by atoms with Gasteiger partial charge in [0.05, 0.1) is 11.3 Å². The molecule has 0 saturated carbocycles. The Morgan fingerprint density at radius 2 is 1.96 bits per heavy atom. The minimum Gasteiger partial charge on any atom is -0.351 e. The maximum Gasteiger partial charge on any atom is 0.294 e. The molecule has 1 heterocycles. The van der Waals surface area contributed by atoms with Crippen molar-refractivity contribution >= 4 is 23.2 Å². The van der Waals surface area contributed by atoms with Gasteiger partial charge in [0.15, 0.2) is 0 Å². The van der Waals surface area contributed by atoms with Crippen LogP contribution in [0.1, 0.15) is 29.8 Å². The lowest BCUT2D eigenvalue weighted by atomic mass is 9.84. The van der Waals surface area contributed by atoms with Crippen LogP contribution in [0.3, 0.4) is 0 Å². The highest BCUT2D eigenvalue weighted by Gasteiger charge is 2.23. The van der Waals surface area contributed by atoms with Gasteiger partial charge in [0, 0.05) is 41.0 Å². The van der Waals surface area contributed by atoms with E-state index in [-0.39, 0.29) is 22.6 Å². The van der Waals surface area contributed by atoms with E-state index in [4.69, 9.17) is 11.6 Å². The van der Waals surface area contributed by atoms with E-state index >= 15 is 0 Å². The number of imidazole rings is 1. The van der Waals surface area contributed by atoms with E-state index in [1.807, 2.05) is 26.0 Å².